The van der Waals surface area contributed by atoms with Gasteiger partial charge in [-0.1, -0.05) is 11.3 Å². The number of nitrogens with two attached hydrogens (primary N) is 1. The highest BCUT2D eigenvalue weighted by Crippen LogP contribution is 2.34. The first-order chi connectivity index (χ1) is 7.09. The summed E-state index contributed by atoms with van der Waals surface area (Å²) in [7, 11) is 1.98. The fourth-order valence-corrected chi connectivity index (χ4v) is 2.71. The normalized spacial score (nSPS) is 22.1. The number of nitrogen functional groups attached to an aromatic ring is 1. The van der Waals surface area contributed by atoms with Gasteiger partial charge in [0.25, 0.3) is 0 Å². The Hall–Kier alpha value is -1.14. The number of anilines is 1. The van der Waals surface area contributed by atoms with E-state index in [0.29, 0.717) is 10.8 Å². The highest BCUT2D eigenvalue weighted by Gasteiger charge is 2.29. The minimum absolute atomic E-state index is 0.115. The van der Waals surface area contributed by atoms with Crippen LogP contribution in [0.3, 0.4) is 0 Å². The largest absolute Gasteiger partial charge is 0.477 e. The van der Waals surface area contributed by atoms with E-state index >= 15 is 0 Å². The molecule has 1 saturated heterocycles. The van der Waals surface area contributed by atoms with Gasteiger partial charge in [-0.15, -0.1) is 0 Å². The number of likely N-dealkylation sites (tertiary alicyclic amines) is 1. The molecule has 82 valence electrons. The zero-order valence-electron chi connectivity index (χ0n) is 8.43. The molecule has 0 spiro atoms. The minimum Gasteiger partial charge on any atom is -0.477 e. The second-order valence-electron chi connectivity index (χ2n) is 3.71. The predicted molar refractivity (Wildman–Crippen MR) is 58.1 cm³/mol. The zero-order valence-corrected chi connectivity index (χ0v) is 9.25. The Morgan fingerprint density at radius 1 is 1.73 bits per heavy atom. The van der Waals surface area contributed by atoms with Gasteiger partial charge >= 0.3 is 5.97 Å². The van der Waals surface area contributed by atoms with E-state index in [2.05, 4.69) is 9.88 Å². The van der Waals surface area contributed by atoms with Crippen LogP contribution in [0.2, 0.25) is 0 Å². The van der Waals surface area contributed by atoms with E-state index in [-0.39, 0.29) is 10.9 Å². The van der Waals surface area contributed by atoms with E-state index in [0.717, 1.165) is 30.7 Å². The number of hydrogen-bond donors (Lipinski definition) is 2. The first-order valence-electron chi connectivity index (χ1n) is 4.79. The highest BCUT2D eigenvalue weighted by molar-refractivity contribution is 7.17. The van der Waals surface area contributed by atoms with Crippen molar-refractivity contribution in [1.29, 1.82) is 0 Å². The quantitative estimate of drug-likeness (QED) is 0.793. The summed E-state index contributed by atoms with van der Waals surface area (Å²) < 4.78 is 0. The SMILES string of the molecule is CN1CCCC1c1nc(N)sc1C(=O)O. The van der Waals surface area contributed by atoms with Crippen LogP contribution in [0.25, 0.3) is 0 Å². The predicted octanol–water partition coefficient (Wildman–Crippen LogP) is 1.19. The van der Waals surface area contributed by atoms with Crippen LogP contribution < -0.4 is 5.73 Å². The summed E-state index contributed by atoms with van der Waals surface area (Å²) in [6.45, 7) is 0.987. The fraction of sp³-hybridized carbons (Fsp3) is 0.556. The minimum atomic E-state index is -0.931. The lowest BCUT2D eigenvalue weighted by atomic mass is 10.1. The number of nitrogens with zero attached hydrogens (tertiary/aromatic N) is 2. The lowest BCUT2D eigenvalue weighted by Crippen LogP contribution is -2.19. The van der Waals surface area contributed by atoms with E-state index in [1.165, 1.54) is 0 Å². The molecule has 5 nitrogen and oxygen atoms in total. The second-order valence-corrected chi connectivity index (χ2v) is 4.74. The van der Waals surface area contributed by atoms with E-state index in [1.807, 2.05) is 7.05 Å². The van der Waals surface area contributed by atoms with E-state index in [4.69, 9.17) is 10.8 Å². The van der Waals surface area contributed by atoms with Gasteiger partial charge in [-0.3, -0.25) is 4.90 Å². The molecule has 0 bridgehead atoms. The van der Waals surface area contributed by atoms with Gasteiger partial charge in [0.1, 0.15) is 4.88 Å². The van der Waals surface area contributed by atoms with Crippen molar-refractivity contribution in [2.75, 3.05) is 19.3 Å². The number of carbonyl (C=O) groups is 1. The standard InChI is InChI=1S/C9H13N3O2S/c1-12-4-2-3-5(12)6-7(8(13)14)15-9(10)11-6/h5H,2-4H2,1H3,(H2,10,11)(H,13,14). The summed E-state index contributed by atoms with van der Waals surface area (Å²) in [5.41, 5.74) is 6.19. The second kappa shape index (κ2) is 3.79. The van der Waals surface area contributed by atoms with Gasteiger partial charge in [-0.25, -0.2) is 9.78 Å². The van der Waals surface area contributed by atoms with Crippen LogP contribution in [0.5, 0.6) is 0 Å². The first kappa shape index (κ1) is 10.4. The summed E-state index contributed by atoms with van der Waals surface area (Å²) in [5.74, 6) is -0.931. The van der Waals surface area contributed by atoms with E-state index in [1.54, 1.807) is 0 Å². The lowest BCUT2D eigenvalue weighted by molar-refractivity contribution is 0.0699. The molecule has 0 aliphatic carbocycles. The van der Waals surface area contributed by atoms with Crippen LogP contribution in [-0.4, -0.2) is 34.6 Å². The molecule has 2 rings (SSSR count). The maximum absolute atomic E-state index is 11.0. The molecule has 2 heterocycles. The van der Waals surface area contributed by atoms with Gasteiger partial charge in [0.15, 0.2) is 5.13 Å². The van der Waals surface area contributed by atoms with Crippen molar-refractivity contribution in [3.05, 3.63) is 10.6 Å². The lowest BCUT2D eigenvalue weighted by Gasteiger charge is -2.17. The number of aromatic nitrogens is 1. The Balaban J connectivity index is 2.38. The molecule has 1 aliphatic rings. The van der Waals surface area contributed by atoms with Crippen molar-refractivity contribution in [1.82, 2.24) is 9.88 Å². The van der Waals surface area contributed by atoms with Gasteiger partial charge in [-0.05, 0) is 26.4 Å². The summed E-state index contributed by atoms with van der Waals surface area (Å²) in [6, 6.07) is 0.115. The molecule has 1 aliphatic heterocycles. The molecular formula is C9H13N3O2S. The smallest absolute Gasteiger partial charge is 0.347 e. The van der Waals surface area contributed by atoms with Gasteiger partial charge < -0.3 is 10.8 Å². The van der Waals surface area contributed by atoms with Crippen molar-refractivity contribution in [2.45, 2.75) is 18.9 Å². The number of hydrogen-bond acceptors (Lipinski definition) is 5. The Kier molecular flexibility index (Phi) is 2.62. The Morgan fingerprint density at radius 2 is 2.47 bits per heavy atom. The van der Waals surface area contributed by atoms with Crippen molar-refractivity contribution < 1.29 is 9.90 Å². The Labute approximate surface area is 91.5 Å². The maximum Gasteiger partial charge on any atom is 0.347 e. The highest BCUT2D eigenvalue weighted by atomic mass is 32.1. The average Bonchev–Trinajstić information content (AvgIpc) is 2.71. The molecule has 1 unspecified atom stereocenters. The van der Waals surface area contributed by atoms with Crippen LogP contribution in [-0.2, 0) is 0 Å². The third-order valence-electron chi connectivity index (χ3n) is 2.70. The van der Waals surface area contributed by atoms with Crippen molar-refractivity contribution in [2.24, 2.45) is 0 Å². The summed E-state index contributed by atoms with van der Waals surface area (Å²) >= 11 is 1.05. The summed E-state index contributed by atoms with van der Waals surface area (Å²) in [5, 5.41) is 9.36. The summed E-state index contributed by atoms with van der Waals surface area (Å²) in [4.78, 5) is 17.5. The molecule has 1 fully saturated rings. The number of thiazole rings is 1. The van der Waals surface area contributed by atoms with Crippen molar-refractivity contribution in [3.8, 4) is 0 Å². The van der Waals surface area contributed by atoms with E-state index in [9.17, 15) is 4.79 Å². The Morgan fingerprint density at radius 3 is 3.00 bits per heavy atom. The first-order valence-corrected chi connectivity index (χ1v) is 5.61. The van der Waals surface area contributed by atoms with Gasteiger partial charge in [0, 0.05) is 0 Å². The summed E-state index contributed by atoms with van der Waals surface area (Å²) in [6.07, 6.45) is 2.04. The number of carboxylic acid groups (broad SMARTS) is 1. The molecule has 1 aromatic rings. The fourth-order valence-electron chi connectivity index (χ4n) is 1.98. The third kappa shape index (κ3) is 1.82. The molecule has 0 amide bonds. The molecule has 0 saturated carbocycles. The van der Waals surface area contributed by atoms with Crippen LogP contribution >= 0.6 is 11.3 Å². The van der Waals surface area contributed by atoms with Crippen LogP contribution in [0, 0.1) is 0 Å². The number of carboxylic acids is 1. The third-order valence-corrected chi connectivity index (χ3v) is 3.59. The molecular weight excluding hydrogens is 214 g/mol. The van der Waals surface area contributed by atoms with Crippen LogP contribution in [0.15, 0.2) is 0 Å². The Bertz CT molecular complexity index is 391. The molecule has 0 radical (unpaired) electrons. The maximum atomic E-state index is 11.0. The van der Waals surface area contributed by atoms with Crippen molar-refractivity contribution in [3.63, 3.8) is 0 Å². The topological polar surface area (TPSA) is 79.5 Å². The van der Waals surface area contributed by atoms with Gasteiger partial charge in [-0.2, -0.15) is 0 Å². The number of rotatable bonds is 2. The number of aromatic carboxylic acids is 1. The zero-order chi connectivity index (χ0) is 11.0. The van der Waals surface area contributed by atoms with Crippen LogP contribution in [0.1, 0.15) is 34.2 Å². The molecule has 1 atom stereocenters. The molecule has 0 aromatic carbocycles. The monoisotopic (exact) mass is 227 g/mol. The van der Waals surface area contributed by atoms with Gasteiger partial charge in [0.2, 0.25) is 0 Å². The average molecular weight is 227 g/mol. The molecule has 1 aromatic heterocycles. The van der Waals surface area contributed by atoms with E-state index < -0.39 is 5.97 Å². The molecule has 6 heteroatoms. The molecule has 3 N–H and O–H groups in total. The van der Waals surface area contributed by atoms with Gasteiger partial charge in [0.05, 0.1) is 11.7 Å². The van der Waals surface area contributed by atoms with Crippen LogP contribution in [0.4, 0.5) is 5.13 Å². The molecule has 15 heavy (non-hydrogen) atoms. The van der Waals surface area contributed by atoms with Crippen molar-refractivity contribution >= 4 is 22.4 Å².